The molecule has 0 saturated heterocycles. The minimum Gasteiger partial charge on any atom is -0.461 e. The van der Waals surface area contributed by atoms with Crippen LogP contribution in [0.25, 0.3) is 0 Å². The first-order valence-corrected chi connectivity index (χ1v) is 6.21. The van der Waals surface area contributed by atoms with Crippen molar-refractivity contribution in [3.05, 3.63) is 11.4 Å². The summed E-state index contributed by atoms with van der Waals surface area (Å²) >= 11 is 0. The van der Waals surface area contributed by atoms with Crippen LogP contribution in [0, 0.1) is 0 Å². The fourth-order valence-electron chi connectivity index (χ4n) is 1.76. The molecule has 0 bridgehead atoms. The van der Waals surface area contributed by atoms with E-state index in [0.717, 1.165) is 12.1 Å². The SMILES string of the molecule is CCOC(=O)c1nnn(CCCOC)c1C(C)C. The van der Waals surface area contributed by atoms with Crippen LogP contribution >= 0.6 is 0 Å². The highest BCUT2D eigenvalue weighted by atomic mass is 16.5. The highest BCUT2D eigenvalue weighted by molar-refractivity contribution is 5.88. The molecule has 0 aliphatic carbocycles. The number of methoxy groups -OCH3 is 1. The van der Waals surface area contributed by atoms with Crippen molar-refractivity contribution in [1.29, 1.82) is 0 Å². The van der Waals surface area contributed by atoms with Gasteiger partial charge in [-0.25, -0.2) is 9.48 Å². The Morgan fingerprint density at radius 1 is 1.44 bits per heavy atom. The Hall–Kier alpha value is -1.43. The third-order valence-electron chi connectivity index (χ3n) is 2.51. The van der Waals surface area contributed by atoms with Gasteiger partial charge in [0, 0.05) is 20.3 Å². The Morgan fingerprint density at radius 2 is 2.17 bits per heavy atom. The average Bonchev–Trinajstić information content (AvgIpc) is 2.74. The Morgan fingerprint density at radius 3 is 2.72 bits per heavy atom. The number of esters is 1. The van der Waals surface area contributed by atoms with Crippen molar-refractivity contribution in [2.24, 2.45) is 0 Å². The zero-order chi connectivity index (χ0) is 13.5. The number of hydrogen-bond acceptors (Lipinski definition) is 5. The van der Waals surface area contributed by atoms with Gasteiger partial charge in [0.25, 0.3) is 0 Å². The summed E-state index contributed by atoms with van der Waals surface area (Å²) in [6.07, 6.45) is 0.835. The highest BCUT2D eigenvalue weighted by Gasteiger charge is 2.22. The van der Waals surface area contributed by atoms with Gasteiger partial charge in [0.15, 0.2) is 5.69 Å². The van der Waals surface area contributed by atoms with Gasteiger partial charge in [-0.2, -0.15) is 0 Å². The molecule has 0 saturated carbocycles. The van der Waals surface area contributed by atoms with E-state index in [2.05, 4.69) is 10.3 Å². The lowest BCUT2D eigenvalue weighted by Gasteiger charge is -2.10. The number of hydrogen-bond donors (Lipinski definition) is 0. The van der Waals surface area contributed by atoms with E-state index in [0.29, 0.717) is 25.5 Å². The topological polar surface area (TPSA) is 66.2 Å². The zero-order valence-electron chi connectivity index (χ0n) is 11.5. The summed E-state index contributed by atoms with van der Waals surface area (Å²) in [6, 6.07) is 0. The summed E-state index contributed by atoms with van der Waals surface area (Å²) < 4.78 is 11.7. The predicted molar refractivity (Wildman–Crippen MR) is 66.6 cm³/mol. The largest absolute Gasteiger partial charge is 0.461 e. The summed E-state index contributed by atoms with van der Waals surface area (Å²) in [5, 5.41) is 7.96. The van der Waals surface area contributed by atoms with Crippen LogP contribution in [0.1, 0.15) is 49.3 Å². The van der Waals surface area contributed by atoms with Gasteiger partial charge >= 0.3 is 5.97 Å². The maximum absolute atomic E-state index is 11.8. The molecule has 1 aromatic rings. The molecule has 0 N–H and O–H groups in total. The monoisotopic (exact) mass is 255 g/mol. The quantitative estimate of drug-likeness (QED) is 0.547. The minimum atomic E-state index is -0.404. The Bertz CT molecular complexity index is 388. The van der Waals surface area contributed by atoms with Crippen LogP contribution in [0.2, 0.25) is 0 Å². The van der Waals surface area contributed by atoms with Crippen LogP contribution in [0.3, 0.4) is 0 Å². The molecule has 0 spiro atoms. The summed E-state index contributed by atoms with van der Waals surface area (Å²) in [5.74, 6) is -0.235. The van der Waals surface area contributed by atoms with E-state index in [-0.39, 0.29) is 5.92 Å². The van der Waals surface area contributed by atoms with Gasteiger partial charge < -0.3 is 9.47 Å². The van der Waals surface area contributed by atoms with Crippen molar-refractivity contribution in [1.82, 2.24) is 15.0 Å². The molecule has 0 radical (unpaired) electrons. The molecule has 18 heavy (non-hydrogen) atoms. The van der Waals surface area contributed by atoms with Crippen molar-refractivity contribution >= 4 is 5.97 Å². The molecule has 0 fully saturated rings. The molecule has 0 aromatic carbocycles. The van der Waals surface area contributed by atoms with Gasteiger partial charge in [0.1, 0.15) is 0 Å². The van der Waals surface area contributed by atoms with Crippen molar-refractivity contribution in [3.8, 4) is 0 Å². The molecule has 1 aromatic heterocycles. The average molecular weight is 255 g/mol. The van der Waals surface area contributed by atoms with E-state index >= 15 is 0 Å². The first-order valence-electron chi connectivity index (χ1n) is 6.21. The number of aryl methyl sites for hydroxylation is 1. The fraction of sp³-hybridized carbons (Fsp3) is 0.750. The maximum Gasteiger partial charge on any atom is 0.360 e. The zero-order valence-corrected chi connectivity index (χ0v) is 11.5. The van der Waals surface area contributed by atoms with Crippen LogP contribution in [-0.2, 0) is 16.0 Å². The lowest BCUT2D eigenvalue weighted by atomic mass is 10.1. The van der Waals surface area contributed by atoms with E-state index in [1.807, 2.05) is 13.8 Å². The Labute approximate surface area is 107 Å². The second-order valence-corrected chi connectivity index (χ2v) is 4.27. The predicted octanol–water partition coefficient (Wildman–Crippen LogP) is 1.61. The normalized spacial score (nSPS) is 10.9. The number of carbonyl (C=O) groups is 1. The number of rotatable bonds is 7. The minimum absolute atomic E-state index is 0.168. The molecule has 1 heterocycles. The molecule has 0 aliphatic heterocycles. The third kappa shape index (κ3) is 3.53. The molecule has 6 nitrogen and oxygen atoms in total. The standard InChI is InChI=1S/C12H21N3O3/c1-5-18-12(16)10-11(9(2)3)15(14-13-10)7-6-8-17-4/h9H,5-8H2,1-4H3. The number of ether oxygens (including phenoxy) is 2. The summed E-state index contributed by atoms with van der Waals surface area (Å²) in [7, 11) is 1.66. The maximum atomic E-state index is 11.8. The Kier molecular flexibility index (Phi) is 5.77. The number of aromatic nitrogens is 3. The second-order valence-electron chi connectivity index (χ2n) is 4.27. The number of nitrogens with zero attached hydrogens (tertiary/aromatic N) is 3. The molecule has 0 unspecified atom stereocenters. The molecule has 1 rings (SSSR count). The fourth-order valence-corrected chi connectivity index (χ4v) is 1.76. The molecule has 102 valence electrons. The molecular weight excluding hydrogens is 234 g/mol. The van der Waals surface area contributed by atoms with Gasteiger partial charge in [0.05, 0.1) is 12.3 Å². The van der Waals surface area contributed by atoms with Crippen molar-refractivity contribution in [2.75, 3.05) is 20.3 Å². The lowest BCUT2D eigenvalue weighted by Crippen LogP contribution is -2.13. The Balaban J connectivity index is 2.88. The van der Waals surface area contributed by atoms with Crippen molar-refractivity contribution in [3.63, 3.8) is 0 Å². The molecule has 0 aliphatic rings. The van der Waals surface area contributed by atoms with Crippen LogP contribution in [0.4, 0.5) is 0 Å². The van der Waals surface area contributed by atoms with E-state index in [4.69, 9.17) is 9.47 Å². The van der Waals surface area contributed by atoms with Crippen LogP contribution in [0.5, 0.6) is 0 Å². The van der Waals surface area contributed by atoms with Crippen molar-refractivity contribution < 1.29 is 14.3 Å². The summed E-state index contributed by atoms with van der Waals surface area (Å²) in [6.45, 7) is 7.48. The number of carbonyl (C=O) groups excluding carboxylic acids is 1. The van der Waals surface area contributed by atoms with E-state index < -0.39 is 5.97 Å². The first-order chi connectivity index (χ1) is 8.61. The van der Waals surface area contributed by atoms with Crippen LogP contribution < -0.4 is 0 Å². The first kappa shape index (κ1) is 14.6. The smallest absolute Gasteiger partial charge is 0.360 e. The van der Waals surface area contributed by atoms with Crippen LogP contribution in [-0.4, -0.2) is 41.3 Å². The van der Waals surface area contributed by atoms with Gasteiger partial charge in [-0.1, -0.05) is 19.1 Å². The lowest BCUT2D eigenvalue weighted by molar-refractivity contribution is 0.0517. The molecule has 6 heteroatoms. The second kappa shape index (κ2) is 7.10. The summed E-state index contributed by atoms with van der Waals surface area (Å²) in [4.78, 5) is 11.8. The van der Waals surface area contributed by atoms with E-state index in [9.17, 15) is 4.79 Å². The van der Waals surface area contributed by atoms with Gasteiger partial charge in [-0.3, -0.25) is 0 Å². The van der Waals surface area contributed by atoms with Crippen molar-refractivity contribution in [2.45, 2.75) is 39.7 Å². The van der Waals surface area contributed by atoms with Gasteiger partial charge in [0.2, 0.25) is 0 Å². The summed E-state index contributed by atoms with van der Waals surface area (Å²) in [5.41, 5.74) is 1.15. The van der Waals surface area contributed by atoms with E-state index in [1.165, 1.54) is 0 Å². The van der Waals surface area contributed by atoms with Crippen LogP contribution in [0.15, 0.2) is 0 Å². The highest BCUT2D eigenvalue weighted by Crippen LogP contribution is 2.18. The van der Waals surface area contributed by atoms with E-state index in [1.54, 1.807) is 18.7 Å². The molecular formula is C12H21N3O3. The molecule has 0 atom stereocenters. The van der Waals surface area contributed by atoms with Gasteiger partial charge in [-0.15, -0.1) is 5.10 Å². The molecule has 0 amide bonds. The van der Waals surface area contributed by atoms with Gasteiger partial charge in [-0.05, 0) is 19.3 Å². The third-order valence-corrected chi connectivity index (χ3v) is 2.51.